The Labute approximate surface area is 161 Å². The molecule has 0 aliphatic rings. The summed E-state index contributed by atoms with van der Waals surface area (Å²) >= 11 is 1.53. The first kappa shape index (κ1) is 17.3. The summed E-state index contributed by atoms with van der Waals surface area (Å²) in [5.74, 6) is 0.772. The van der Waals surface area contributed by atoms with Crippen molar-refractivity contribution < 1.29 is 9.53 Å². The Kier molecular flexibility index (Phi) is 4.64. The maximum atomic E-state index is 12.4. The van der Waals surface area contributed by atoms with Gasteiger partial charge in [0.2, 0.25) is 5.91 Å². The Hall–Kier alpha value is -3.12. The van der Waals surface area contributed by atoms with Gasteiger partial charge in [0.1, 0.15) is 5.75 Å². The number of thiazole rings is 1. The second-order valence-corrected chi connectivity index (χ2v) is 7.17. The number of imidazole rings is 1. The van der Waals surface area contributed by atoms with Gasteiger partial charge in [0, 0.05) is 28.5 Å². The molecule has 0 bridgehead atoms. The smallest absolute Gasteiger partial charge is 0.230 e. The molecule has 0 spiro atoms. The van der Waals surface area contributed by atoms with Gasteiger partial charge >= 0.3 is 0 Å². The molecule has 0 unspecified atom stereocenters. The summed E-state index contributed by atoms with van der Waals surface area (Å²) in [4.78, 5) is 18.0. The van der Waals surface area contributed by atoms with Crippen molar-refractivity contribution in [2.24, 2.45) is 0 Å². The SMILES string of the molecule is COc1ccc(-c2cn3c(CC(=O)Nc4cccc(C)c4)csc3n2)cc1. The lowest BCUT2D eigenvalue weighted by atomic mass is 10.1. The third-order valence-corrected chi connectivity index (χ3v) is 5.20. The average Bonchev–Trinajstić information content (AvgIpc) is 3.24. The van der Waals surface area contributed by atoms with Gasteiger partial charge < -0.3 is 10.1 Å². The van der Waals surface area contributed by atoms with Gasteiger partial charge in [-0.1, -0.05) is 12.1 Å². The van der Waals surface area contributed by atoms with Crippen LogP contribution in [0.1, 0.15) is 11.3 Å². The van der Waals surface area contributed by atoms with E-state index in [2.05, 4.69) is 10.3 Å². The van der Waals surface area contributed by atoms with Crippen LogP contribution in [-0.2, 0) is 11.2 Å². The van der Waals surface area contributed by atoms with E-state index in [4.69, 9.17) is 4.74 Å². The van der Waals surface area contributed by atoms with Crippen molar-refractivity contribution in [3.63, 3.8) is 0 Å². The van der Waals surface area contributed by atoms with Crippen LogP contribution in [0.5, 0.6) is 5.75 Å². The number of amides is 1. The van der Waals surface area contributed by atoms with Crippen molar-refractivity contribution in [1.82, 2.24) is 9.38 Å². The molecular weight excluding hydrogens is 358 g/mol. The number of hydrogen-bond donors (Lipinski definition) is 1. The van der Waals surface area contributed by atoms with Crippen LogP contribution in [0, 0.1) is 6.92 Å². The molecule has 4 rings (SSSR count). The quantitative estimate of drug-likeness (QED) is 0.555. The molecule has 0 saturated carbocycles. The summed E-state index contributed by atoms with van der Waals surface area (Å²) in [7, 11) is 1.65. The minimum Gasteiger partial charge on any atom is -0.497 e. The molecule has 0 aliphatic heterocycles. The number of benzene rings is 2. The summed E-state index contributed by atoms with van der Waals surface area (Å²) in [5.41, 5.74) is 4.75. The van der Waals surface area contributed by atoms with E-state index >= 15 is 0 Å². The maximum absolute atomic E-state index is 12.4. The summed E-state index contributed by atoms with van der Waals surface area (Å²) in [6.45, 7) is 2.00. The molecule has 1 N–H and O–H groups in total. The Morgan fingerprint density at radius 3 is 2.78 bits per heavy atom. The fraction of sp³-hybridized carbons (Fsp3) is 0.143. The molecule has 0 fully saturated rings. The lowest BCUT2D eigenvalue weighted by Gasteiger charge is -2.05. The Bertz CT molecular complexity index is 1100. The second-order valence-electron chi connectivity index (χ2n) is 6.33. The van der Waals surface area contributed by atoms with Crippen LogP contribution >= 0.6 is 11.3 Å². The summed E-state index contributed by atoms with van der Waals surface area (Å²) in [6.07, 6.45) is 2.27. The summed E-state index contributed by atoms with van der Waals surface area (Å²) in [6, 6.07) is 15.6. The number of carbonyl (C=O) groups is 1. The van der Waals surface area contributed by atoms with E-state index in [0.29, 0.717) is 6.42 Å². The highest BCUT2D eigenvalue weighted by atomic mass is 32.1. The van der Waals surface area contributed by atoms with Gasteiger partial charge in [-0.3, -0.25) is 9.20 Å². The zero-order valence-electron chi connectivity index (χ0n) is 15.1. The number of methoxy groups -OCH3 is 1. The average molecular weight is 377 g/mol. The van der Waals surface area contributed by atoms with Crippen LogP contribution in [-0.4, -0.2) is 22.4 Å². The number of fused-ring (bicyclic) bond motifs is 1. The number of aromatic nitrogens is 2. The van der Waals surface area contributed by atoms with Crippen LogP contribution in [0.25, 0.3) is 16.2 Å². The van der Waals surface area contributed by atoms with E-state index in [1.54, 1.807) is 7.11 Å². The zero-order valence-corrected chi connectivity index (χ0v) is 15.9. The Balaban J connectivity index is 1.54. The van der Waals surface area contributed by atoms with Gasteiger partial charge in [0.15, 0.2) is 4.96 Å². The first-order valence-corrected chi connectivity index (χ1v) is 9.47. The van der Waals surface area contributed by atoms with Crippen molar-refractivity contribution in [3.8, 4) is 17.0 Å². The molecule has 0 saturated heterocycles. The highest BCUT2D eigenvalue weighted by Crippen LogP contribution is 2.25. The molecule has 2 aromatic heterocycles. The lowest BCUT2D eigenvalue weighted by molar-refractivity contribution is -0.115. The fourth-order valence-electron chi connectivity index (χ4n) is 2.95. The highest BCUT2D eigenvalue weighted by molar-refractivity contribution is 7.15. The van der Waals surface area contributed by atoms with Crippen molar-refractivity contribution in [1.29, 1.82) is 0 Å². The van der Waals surface area contributed by atoms with Gasteiger partial charge in [-0.25, -0.2) is 4.98 Å². The van der Waals surface area contributed by atoms with Gasteiger partial charge in [-0.15, -0.1) is 11.3 Å². The second kappa shape index (κ2) is 7.25. The largest absolute Gasteiger partial charge is 0.497 e. The number of aryl methyl sites for hydroxylation is 1. The van der Waals surface area contributed by atoms with Crippen LogP contribution in [0.15, 0.2) is 60.1 Å². The van der Waals surface area contributed by atoms with Crippen molar-refractivity contribution in [2.45, 2.75) is 13.3 Å². The molecule has 1 amide bonds. The van der Waals surface area contributed by atoms with Crippen molar-refractivity contribution >= 4 is 27.9 Å². The molecule has 5 nitrogen and oxygen atoms in total. The number of anilines is 1. The first-order valence-electron chi connectivity index (χ1n) is 8.59. The van der Waals surface area contributed by atoms with E-state index in [1.807, 2.05) is 71.4 Å². The minimum atomic E-state index is -0.0417. The molecular formula is C21H19N3O2S. The number of carbonyl (C=O) groups excluding carboxylic acids is 1. The molecule has 4 aromatic rings. The third-order valence-electron chi connectivity index (χ3n) is 4.31. The number of rotatable bonds is 5. The number of nitrogens with zero attached hydrogens (tertiary/aromatic N) is 2. The summed E-state index contributed by atoms with van der Waals surface area (Å²) in [5, 5.41) is 4.94. The number of ether oxygens (including phenoxy) is 1. The predicted molar refractivity (Wildman–Crippen MR) is 109 cm³/mol. The Morgan fingerprint density at radius 2 is 2.04 bits per heavy atom. The fourth-order valence-corrected chi connectivity index (χ4v) is 3.82. The van der Waals surface area contributed by atoms with Crippen molar-refractivity contribution in [3.05, 3.63) is 71.4 Å². The topological polar surface area (TPSA) is 55.6 Å². The van der Waals surface area contributed by atoms with Crippen LogP contribution in [0.4, 0.5) is 5.69 Å². The molecule has 6 heteroatoms. The molecule has 0 radical (unpaired) electrons. The first-order chi connectivity index (χ1) is 13.1. The van der Waals surface area contributed by atoms with Gasteiger partial charge in [-0.05, 0) is 48.9 Å². The van der Waals surface area contributed by atoms with E-state index < -0.39 is 0 Å². The molecule has 0 aliphatic carbocycles. The van der Waals surface area contributed by atoms with Crippen LogP contribution in [0.3, 0.4) is 0 Å². The summed E-state index contributed by atoms with van der Waals surface area (Å²) < 4.78 is 7.19. The van der Waals surface area contributed by atoms with Gasteiger partial charge in [0.25, 0.3) is 0 Å². The monoisotopic (exact) mass is 377 g/mol. The van der Waals surface area contributed by atoms with Crippen molar-refractivity contribution in [2.75, 3.05) is 12.4 Å². The maximum Gasteiger partial charge on any atom is 0.230 e. The van der Waals surface area contributed by atoms with E-state index in [-0.39, 0.29) is 5.91 Å². The lowest BCUT2D eigenvalue weighted by Crippen LogP contribution is -2.15. The molecule has 136 valence electrons. The van der Waals surface area contributed by atoms with E-state index in [0.717, 1.165) is 38.9 Å². The van der Waals surface area contributed by atoms with E-state index in [1.165, 1.54) is 11.3 Å². The van der Waals surface area contributed by atoms with Gasteiger partial charge in [0.05, 0.1) is 19.2 Å². The number of nitrogens with one attached hydrogen (secondary N) is 1. The molecule has 27 heavy (non-hydrogen) atoms. The Morgan fingerprint density at radius 1 is 1.22 bits per heavy atom. The normalized spacial score (nSPS) is 10.9. The third kappa shape index (κ3) is 3.71. The predicted octanol–water partition coefficient (Wildman–Crippen LogP) is 4.56. The molecule has 2 heterocycles. The highest BCUT2D eigenvalue weighted by Gasteiger charge is 2.13. The van der Waals surface area contributed by atoms with Crippen LogP contribution < -0.4 is 10.1 Å². The minimum absolute atomic E-state index is 0.0417. The van der Waals surface area contributed by atoms with Gasteiger partial charge in [-0.2, -0.15) is 0 Å². The van der Waals surface area contributed by atoms with E-state index in [9.17, 15) is 4.79 Å². The van der Waals surface area contributed by atoms with Crippen LogP contribution in [0.2, 0.25) is 0 Å². The molecule has 2 aromatic carbocycles. The zero-order chi connectivity index (χ0) is 18.8. The standard InChI is InChI=1S/C21H19N3O2S/c1-14-4-3-5-16(10-14)22-20(25)11-17-13-27-21-23-19(12-24(17)21)15-6-8-18(26-2)9-7-15/h3-10,12-13H,11H2,1-2H3,(H,22,25). The molecule has 0 atom stereocenters. The number of hydrogen-bond acceptors (Lipinski definition) is 4.